The number of rotatable bonds is 11. The van der Waals surface area contributed by atoms with Gasteiger partial charge in [-0.15, -0.1) is 0 Å². The molecule has 0 saturated carbocycles. The van der Waals surface area contributed by atoms with Crippen LogP contribution in [0.15, 0.2) is 24.3 Å². The fourth-order valence-electron chi connectivity index (χ4n) is 4.30. The molecule has 0 bridgehead atoms. The van der Waals surface area contributed by atoms with Crippen molar-refractivity contribution in [3.63, 3.8) is 0 Å². The number of amides is 1. The van der Waals surface area contributed by atoms with Gasteiger partial charge in [0.25, 0.3) is 5.91 Å². The van der Waals surface area contributed by atoms with E-state index >= 15 is 0 Å². The van der Waals surface area contributed by atoms with Crippen LogP contribution < -0.4 is 10.1 Å². The van der Waals surface area contributed by atoms with Crippen LogP contribution >= 0.6 is 0 Å². The molecule has 0 aromatic heterocycles. The Hall–Kier alpha value is -1.59. The lowest BCUT2D eigenvalue weighted by Gasteiger charge is -2.34. The van der Waals surface area contributed by atoms with Crippen LogP contribution in [0, 0.1) is 17.8 Å². The molecule has 1 heterocycles. The van der Waals surface area contributed by atoms with Crippen LogP contribution in [0.5, 0.6) is 5.75 Å². The number of anilines is 1. The Morgan fingerprint density at radius 3 is 2.17 bits per heavy atom. The summed E-state index contributed by atoms with van der Waals surface area (Å²) in [6.07, 6.45) is 3.96. The molecular formula is C25H42N2O3. The number of methoxy groups -OCH3 is 1. The number of nitrogens with one attached hydrogen (secondary N) is 1. The lowest BCUT2D eigenvalue weighted by atomic mass is 9.84. The third kappa shape index (κ3) is 7.59. The SMILES string of the molecule is COC(CC(C)C)(CC(C)C)C(=O)Nc1ccc(OCCN2CCC(C)CC2)cc1. The first-order valence-electron chi connectivity index (χ1n) is 11.6. The van der Waals surface area contributed by atoms with E-state index in [2.05, 4.69) is 44.8 Å². The van der Waals surface area contributed by atoms with Crippen molar-refractivity contribution in [2.24, 2.45) is 17.8 Å². The summed E-state index contributed by atoms with van der Waals surface area (Å²) >= 11 is 0. The van der Waals surface area contributed by atoms with Crippen molar-refractivity contribution < 1.29 is 14.3 Å². The Labute approximate surface area is 183 Å². The number of carbonyl (C=O) groups is 1. The third-order valence-electron chi connectivity index (χ3n) is 5.95. The van der Waals surface area contributed by atoms with Gasteiger partial charge in [0.2, 0.25) is 0 Å². The van der Waals surface area contributed by atoms with E-state index < -0.39 is 5.60 Å². The molecular weight excluding hydrogens is 376 g/mol. The lowest BCUT2D eigenvalue weighted by Crippen LogP contribution is -2.46. The molecule has 2 rings (SSSR count). The highest BCUT2D eigenvalue weighted by Gasteiger charge is 2.39. The second-order valence-electron chi connectivity index (χ2n) is 9.75. The van der Waals surface area contributed by atoms with Gasteiger partial charge in [-0.1, -0.05) is 34.6 Å². The summed E-state index contributed by atoms with van der Waals surface area (Å²) in [5, 5.41) is 3.06. The maximum atomic E-state index is 13.1. The molecule has 1 aromatic carbocycles. The van der Waals surface area contributed by atoms with E-state index in [4.69, 9.17) is 9.47 Å². The smallest absolute Gasteiger partial charge is 0.256 e. The Morgan fingerprint density at radius 2 is 1.67 bits per heavy atom. The molecule has 0 radical (unpaired) electrons. The van der Waals surface area contributed by atoms with Crippen LogP contribution in [-0.4, -0.2) is 49.8 Å². The molecule has 0 unspecified atom stereocenters. The topological polar surface area (TPSA) is 50.8 Å². The summed E-state index contributed by atoms with van der Waals surface area (Å²) in [4.78, 5) is 15.6. The van der Waals surface area contributed by atoms with Gasteiger partial charge in [0.05, 0.1) is 0 Å². The van der Waals surface area contributed by atoms with Crippen molar-refractivity contribution >= 4 is 11.6 Å². The van der Waals surface area contributed by atoms with E-state index in [0.29, 0.717) is 31.3 Å². The third-order valence-corrected chi connectivity index (χ3v) is 5.95. The van der Waals surface area contributed by atoms with E-state index in [9.17, 15) is 4.79 Å². The van der Waals surface area contributed by atoms with Gasteiger partial charge in [0.15, 0.2) is 0 Å². The van der Waals surface area contributed by atoms with Gasteiger partial charge >= 0.3 is 0 Å². The summed E-state index contributed by atoms with van der Waals surface area (Å²) in [7, 11) is 1.64. The van der Waals surface area contributed by atoms with Crippen molar-refractivity contribution in [1.82, 2.24) is 4.90 Å². The first-order valence-corrected chi connectivity index (χ1v) is 11.6. The minimum atomic E-state index is -0.802. The number of hydrogen-bond acceptors (Lipinski definition) is 4. The average Bonchev–Trinajstić information content (AvgIpc) is 2.69. The highest BCUT2D eigenvalue weighted by atomic mass is 16.5. The van der Waals surface area contributed by atoms with Gasteiger partial charge in [0.1, 0.15) is 18.0 Å². The maximum absolute atomic E-state index is 13.1. The van der Waals surface area contributed by atoms with Crippen LogP contribution in [0.1, 0.15) is 60.3 Å². The standard InChI is InChI=1S/C25H42N2O3/c1-19(2)17-25(29-6,18-20(3)4)24(28)26-22-7-9-23(10-8-22)30-16-15-27-13-11-21(5)12-14-27/h7-10,19-21H,11-18H2,1-6H3,(H,26,28). The Kier molecular flexibility index (Phi) is 9.63. The normalized spacial score (nSPS) is 16.3. The number of carbonyl (C=O) groups excluding carboxylic acids is 1. The summed E-state index contributed by atoms with van der Waals surface area (Å²) in [6, 6.07) is 7.66. The molecule has 1 N–H and O–H groups in total. The zero-order valence-corrected chi connectivity index (χ0v) is 19.9. The van der Waals surface area contributed by atoms with Crippen LogP contribution in [0.3, 0.4) is 0 Å². The van der Waals surface area contributed by atoms with Crippen molar-refractivity contribution in [1.29, 1.82) is 0 Å². The van der Waals surface area contributed by atoms with Crippen LogP contribution in [-0.2, 0) is 9.53 Å². The highest BCUT2D eigenvalue weighted by molar-refractivity contribution is 5.97. The van der Waals surface area contributed by atoms with Gasteiger partial charge in [0, 0.05) is 19.3 Å². The Bertz CT molecular complexity index is 624. The van der Waals surface area contributed by atoms with Gasteiger partial charge in [-0.2, -0.15) is 0 Å². The number of piperidine rings is 1. The van der Waals surface area contributed by atoms with E-state index in [-0.39, 0.29) is 5.91 Å². The number of likely N-dealkylation sites (tertiary alicyclic amines) is 1. The predicted octanol–water partition coefficient (Wildman–Crippen LogP) is 5.21. The molecule has 0 spiro atoms. The zero-order chi connectivity index (χ0) is 22.1. The number of hydrogen-bond donors (Lipinski definition) is 1. The monoisotopic (exact) mass is 418 g/mol. The van der Waals surface area contributed by atoms with Gasteiger partial charge in [-0.25, -0.2) is 0 Å². The number of nitrogens with zero attached hydrogens (tertiary/aromatic N) is 1. The van der Waals surface area contributed by atoms with Crippen LogP contribution in [0.25, 0.3) is 0 Å². The lowest BCUT2D eigenvalue weighted by molar-refractivity contribution is -0.142. The maximum Gasteiger partial charge on any atom is 0.256 e. The van der Waals surface area contributed by atoms with Crippen molar-refractivity contribution in [3.05, 3.63) is 24.3 Å². The second kappa shape index (κ2) is 11.7. The Balaban J connectivity index is 1.89. The minimum absolute atomic E-state index is 0.0691. The largest absolute Gasteiger partial charge is 0.492 e. The summed E-state index contributed by atoms with van der Waals surface area (Å²) in [5.41, 5.74) is -0.0324. The van der Waals surface area contributed by atoms with Crippen molar-refractivity contribution in [3.8, 4) is 5.75 Å². The average molecular weight is 419 g/mol. The molecule has 0 atom stereocenters. The molecule has 1 aromatic rings. The molecule has 5 heteroatoms. The van der Waals surface area contributed by atoms with Gasteiger partial charge in [-0.05, 0) is 80.8 Å². The number of benzene rings is 1. The molecule has 170 valence electrons. The molecule has 1 saturated heterocycles. The van der Waals surface area contributed by atoms with E-state index in [1.54, 1.807) is 7.11 Å². The highest BCUT2D eigenvalue weighted by Crippen LogP contribution is 2.30. The molecule has 1 aliphatic rings. The first-order chi connectivity index (χ1) is 14.2. The van der Waals surface area contributed by atoms with Crippen LogP contribution in [0.4, 0.5) is 5.69 Å². The summed E-state index contributed by atoms with van der Waals surface area (Å²) in [5.74, 6) is 2.35. The molecule has 1 fully saturated rings. The molecule has 1 aliphatic heterocycles. The van der Waals surface area contributed by atoms with Crippen molar-refractivity contribution in [2.45, 2.75) is 65.9 Å². The molecule has 5 nitrogen and oxygen atoms in total. The van der Waals surface area contributed by atoms with Crippen LogP contribution in [0.2, 0.25) is 0 Å². The quantitative estimate of drug-likeness (QED) is 0.536. The second-order valence-corrected chi connectivity index (χ2v) is 9.75. The van der Waals surface area contributed by atoms with E-state index in [0.717, 1.165) is 23.9 Å². The fraction of sp³-hybridized carbons (Fsp3) is 0.720. The number of ether oxygens (including phenoxy) is 2. The summed E-state index contributed by atoms with van der Waals surface area (Å²) < 4.78 is 11.7. The molecule has 30 heavy (non-hydrogen) atoms. The zero-order valence-electron chi connectivity index (χ0n) is 19.9. The van der Waals surface area contributed by atoms with Crippen molar-refractivity contribution in [2.75, 3.05) is 38.7 Å². The van der Waals surface area contributed by atoms with E-state index in [1.165, 1.54) is 25.9 Å². The molecule has 0 aliphatic carbocycles. The Morgan fingerprint density at radius 1 is 1.10 bits per heavy atom. The van der Waals surface area contributed by atoms with E-state index in [1.807, 2.05) is 24.3 Å². The van der Waals surface area contributed by atoms with Gasteiger partial charge in [-0.3, -0.25) is 9.69 Å². The fourth-order valence-corrected chi connectivity index (χ4v) is 4.30. The minimum Gasteiger partial charge on any atom is -0.492 e. The summed E-state index contributed by atoms with van der Waals surface area (Å²) in [6.45, 7) is 14.8. The molecule has 1 amide bonds. The van der Waals surface area contributed by atoms with Gasteiger partial charge < -0.3 is 14.8 Å². The first kappa shape index (κ1) is 24.7. The predicted molar refractivity (Wildman–Crippen MR) is 124 cm³/mol.